The first-order valence-electron chi connectivity index (χ1n) is 26.2. The molecular formula is C65H65B2N3O4. The average Bonchev–Trinajstić information content (AvgIpc) is 3.98. The molecule has 2 fully saturated rings. The van der Waals surface area contributed by atoms with Crippen molar-refractivity contribution in [3.8, 4) is 16.8 Å². The Balaban J connectivity index is 1.03. The Kier molecular flexibility index (Phi) is 11.1. The summed E-state index contributed by atoms with van der Waals surface area (Å²) < 4.78 is 28.4. The second-order valence-corrected chi connectivity index (χ2v) is 23.3. The minimum absolute atomic E-state index is 0.153. The molecule has 1 aliphatic carbocycles. The van der Waals surface area contributed by atoms with Crippen LogP contribution in [0.4, 0.5) is 34.1 Å². The maximum absolute atomic E-state index is 6.49. The molecule has 0 spiro atoms. The summed E-state index contributed by atoms with van der Waals surface area (Å²) in [4.78, 5) is 4.71. The Labute approximate surface area is 438 Å². The van der Waals surface area contributed by atoms with Gasteiger partial charge in [0.15, 0.2) is 0 Å². The van der Waals surface area contributed by atoms with Crippen LogP contribution in [0.1, 0.15) is 91.5 Å². The topological polar surface area (TPSA) is 48.3 Å². The van der Waals surface area contributed by atoms with E-state index < -0.39 is 36.6 Å². The van der Waals surface area contributed by atoms with Crippen molar-refractivity contribution < 1.29 is 18.6 Å². The molecule has 9 aromatic rings. The Morgan fingerprint density at radius 3 is 1.15 bits per heavy atom. The number of aromatic nitrogens is 1. The quantitative estimate of drug-likeness (QED) is 0.134. The Hall–Kier alpha value is -6.87. The highest BCUT2D eigenvalue weighted by atomic mass is 16.7. The molecule has 2 saturated heterocycles. The van der Waals surface area contributed by atoms with Crippen molar-refractivity contribution in [2.45, 2.75) is 111 Å². The van der Waals surface area contributed by atoms with E-state index in [4.69, 9.17) is 18.6 Å². The van der Waals surface area contributed by atoms with E-state index >= 15 is 0 Å². The van der Waals surface area contributed by atoms with Gasteiger partial charge >= 0.3 is 14.2 Å². The Morgan fingerprint density at radius 1 is 0.365 bits per heavy atom. The van der Waals surface area contributed by atoms with Crippen molar-refractivity contribution in [1.29, 1.82) is 0 Å². The van der Waals surface area contributed by atoms with E-state index in [0.29, 0.717) is 0 Å². The summed E-state index contributed by atoms with van der Waals surface area (Å²) in [6, 6.07) is 64.8. The van der Waals surface area contributed by atoms with Crippen LogP contribution in [0.25, 0.3) is 38.6 Å². The monoisotopic (exact) mass is 974 g/mol. The molecule has 0 amide bonds. The molecule has 0 radical (unpaired) electrons. The maximum Gasteiger partial charge on any atom is 0.494 e. The SMILES string of the molecule is Cc1ccc(N(c2ccc(B3OC(C)(C)C(C)(C)O3)cc2)c2ccc3c(c2)c2cc(N(c4ccc(C)cc4)c4ccc(B5OC(C)(C)C(C)(C)O5)cc4)ccc2n3-c2ccc3c(c2)C(C)(C)c2ccccc2-3)cc1. The number of hydrogen-bond donors (Lipinski definition) is 0. The Bertz CT molecular complexity index is 3420. The Morgan fingerprint density at radius 2 is 0.730 bits per heavy atom. The van der Waals surface area contributed by atoms with Gasteiger partial charge in [-0.25, -0.2) is 0 Å². The van der Waals surface area contributed by atoms with Gasteiger partial charge < -0.3 is 33.0 Å². The highest BCUT2D eigenvalue weighted by Gasteiger charge is 2.53. The van der Waals surface area contributed by atoms with Crippen LogP contribution < -0.4 is 20.7 Å². The lowest BCUT2D eigenvalue weighted by atomic mass is 9.79. The molecule has 3 heterocycles. The minimum atomic E-state index is -0.454. The second kappa shape index (κ2) is 17.1. The number of fused-ring (bicyclic) bond motifs is 6. The molecule has 0 N–H and O–H groups in total. The lowest BCUT2D eigenvalue weighted by molar-refractivity contribution is 0.00578. The number of benzene rings is 8. The van der Waals surface area contributed by atoms with Crippen LogP contribution in [0.3, 0.4) is 0 Å². The zero-order chi connectivity index (χ0) is 51.7. The molecule has 3 aliphatic rings. The summed E-state index contributed by atoms with van der Waals surface area (Å²) in [5.74, 6) is 0. The van der Waals surface area contributed by atoms with Crippen LogP contribution in [0, 0.1) is 13.8 Å². The van der Waals surface area contributed by atoms with Crippen LogP contribution in [-0.4, -0.2) is 41.2 Å². The third-order valence-electron chi connectivity index (χ3n) is 17.0. The van der Waals surface area contributed by atoms with Gasteiger partial charge in [0.1, 0.15) is 0 Å². The molecule has 12 rings (SSSR count). The molecule has 2 aliphatic heterocycles. The van der Waals surface area contributed by atoms with Crippen LogP contribution >= 0.6 is 0 Å². The predicted octanol–water partition coefficient (Wildman–Crippen LogP) is 15.2. The minimum Gasteiger partial charge on any atom is -0.399 e. The lowest BCUT2D eigenvalue weighted by Gasteiger charge is -2.32. The number of rotatable bonds is 9. The van der Waals surface area contributed by atoms with Gasteiger partial charge in [-0.05, 0) is 199 Å². The van der Waals surface area contributed by atoms with Crippen molar-refractivity contribution in [3.05, 3.63) is 198 Å². The molecule has 1 aromatic heterocycles. The molecule has 0 saturated carbocycles. The largest absolute Gasteiger partial charge is 0.494 e. The smallest absolute Gasteiger partial charge is 0.399 e. The lowest BCUT2D eigenvalue weighted by Crippen LogP contribution is -2.41. The second-order valence-electron chi connectivity index (χ2n) is 23.3. The van der Waals surface area contributed by atoms with Crippen molar-refractivity contribution in [3.63, 3.8) is 0 Å². The molecule has 7 nitrogen and oxygen atoms in total. The average molecular weight is 974 g/mol. The normalized spacial score (nSPS) is 17.7. The fourth-order valence-electron chi connectivity index (χ4n) is 11.2. The summed E-state index contributed by atoms with van der Waals surface area (Å²) in [6.07, 6.45) is 0. The van der Waals surface area contributed by atoms with Crippen molar-refractivity contribution >= 4 is 81.1 Å². The summed E-state index contributed by atoms with van der Waals surface area (Å²) in [5.41, 5.74) is 17.5. The summed E-state index contributed by atoms with van der Waals surface area (Å²) in [5, 5.41) is 2.29. The number of nitrogens with zero attached hydrogens (tertiary/aromatic N) is 3. The molecule has 0 atom stereocenters. The van der Waals surface area contributed by atoms with Crippen LogP contribution in [0.2, 0.25) is 0 Å². The van der Waals surface area contributed by atoms with E-state index in [-0.39, 0.29) is 5.41 Å². The highest BCUT2D eigenvalue weighted by Crippen LogP contribution is 2.50. The van der Waals surface area contributed by atoms with Crippen molar-refractivity contribution in [2.75, 3.05) is 9.80 Å². The van der Waals surface area contributed by atoms with Gasteiger partial charge in [0.25, 0.3) is 0 Å². The van der Waals surface area contributed by atoms with E-state index in [9.17, 15) is 0 Å². The molecule has 9 heteroatoms. The van der Waals surface area contributed by atoms with E-state index in [2.05, 4.69) is 273 Å². The zero-order valence-corrected chi connectivity index (χ0v) is 44.9. The third kappa shape index (κ3) is 7.82. The number of aryl methyl sites for hydroxylation is 2. The first-order valence-corrected chi connectivity index (χ1v) is 26.2. The predicted molar refractivity (Wildman–Crippen MR) is 309 cm³/mol. The van der Waals surface area contributed by atoms with Gasteiger partial charge in [-0.3, -0.25) is 0 Å². The van der Waals surface area contributed by atoms with E-state index in [1.807, 2.05) is 0 Å². The molecule has 74 heavy (non-hydrogen) atoms. The molecule has 0 unspecified atom stereocenters. The van der Waals surface area contributed by atoms with E-state index in [1.165, 1.54) is 33.4 Å². The van der Waals surface area contributed by atoms with Gasteiger partial charge in [0.2, 0.25) is 0 Å². The fourth-order valence-corrected chi connectivity index (χ4v) is 11.2. The van der Waals surface area contributed by atoms with Crippen LogP contribution in [0.15, 0.2) is 176 Å². The molecule has 370 valence electrons. The molecule has 8 aromatic carbocycles. The number of anilines is 6. The van der Waals surface area contributed by atoms with Crippen LogP contribution in [0.5, 0.6) is 0 Å². The molecule has 0 bridgehead atoms. The maximum atomic E-state index is 6.49. The van der Waals surface area contributed by atoms with Crippen molar-refractivity contribution in [2.24, 2.45) is 0 Å². The molecular weight excluding hydrogens is 908 g/mol. The first-order chi connectivity index (χ1) is 35.2. The summed E-state index contributed by atoms with van der Waals surface area (Å²) >= 11 is 0. The van der Waals surface area contributed by atoms with E-state index in [0.717, 1.165) is 72.5 Å². The highest BCUT2D eigenvalue weighted by molar-refractivity contribution is 6.62. The first kappa shape index (κ1) is 48.1. The van der Waals surface area contributed by atoms with Gasteiger partial charge in [-0.15, -0.1) is 0 Å². The van der Waals surface area contributed by atoms with Gasteiger partial charge in [0.05, 0.1) is 33.4 Å². The van der Waals surface area contributed by atoms with Gasteiger partial charge in [-0.2, -0.15) is 0 Å². The number of hydrogen-bond acceptors (Lipinski definition) is 6. The third-order valence-corrected chi connectivity index (χ3v) is 17.0. The van der Waals surface area contributed by atoms with Gasteiger partial charge in [-0.1, -0.05) is 104 Å². The van der Waals surface area contributed by atoms with Crippen LogP contribution in [-0.2, 0) is 24.0 Å². The fraction of sp³-hybridized carbons (Fsp3) is 0.262. The van der Waals surface area contributed by atoms with Crippen molar-refractivity contribution in [1.82, 2.24) is 4.57 Å². The van der Waals surface area contributed by atoms with Gasteiger partial charge in [0, 0.05) is 56.0 Å². The standard InChI is InChI=1S/C65H65B2N3O4/c1-42-17-25-46(26-18-42)68(48-29-21-44(22-30-48)66-71-62(5,6)63(7,8)72-66)50-34-37-59-55(39-50)56-40-51(35-38-60(56)70(59)52-33-36-54-53-15-13-14-16-57(53)61(3,4)58(54)41-52)69(47-27-19-43(2)20-28-47)49-31-23-45(24-32-49)67-73-64(9,10)65(11,12)74-67/h13-41H,1-12H3. The summed E-state index contributed by atoms with van der Waals surface area (Å²) in [6.45, 7) is 25.8. The zero-order valence-electron chi connectivity index (χ0n) is 44.9. The summed E-state index contributed by atoms with van der Waals surface area (Å²) in [7, 11) is -0.907. The van der Waals surface area contributed by atoms with E-state index in [1.54, 1.807) is 0 Å².